The van der Waals surface area contributed by atoms with Crippen LogP contribution in [0.25, 0.3) is 22.3 Å². The standard InChI is InChI=1S/C48H33BO2Si/c1-4-18-35(19-5-1)52(36-20-6-2-7-21-36,37-22-8-3-9-23-37)47-31-17-12-26-40(47)39-25-11-10-24-38(39)34-32-45-48-46(33-34)51-44-30-16-14-28-42(44)49(48)41-27-13-15-29-43(41)50-45/h1-33H. The van der Waals surface area contributed by atoms with E-state index in [1.54, 1.807) is 0 Å². The maximum absolute atomic E-state index is 6.73. The summed E-state index contributed by atoms with van der Waals surface area (Å²) in [5.74, 6) is 3.47. The van der Waals surface area contributed by atoms with E-state index in [0.717, 1.165) is 50.5 Å². The van der Waals surface area contributed by atoms with Crippen molar-refractivity contribution >= 4 is 51.9 Å². The van der Waals surface area contributed by atoms with Crippen molar-refractivity contribution in [2.75, 3.05) is 0 Å². The summed E-state index contributed by atoms with van der Waals surface area (Å²) in [5, 5.41) is 5.39. The van der Waals surface area contributed by atoms with Crippen LogP contribution in [-0.4, -0.2) is 14.8 Å². The van der Waals surface area contributed by atoms with Gasteiger partial charge < -0.3 is 9.47 Å². The van der Waals surface area contributed by atoms with Gasteiger partial charge in [0.2, 0.25) is 0 Å². The van der Waals surface area contributed by atoms with Crippen LogP contribution < -0.4 is 46.6 Å². The first kappa shape index (κ1) is 30.5. The van der Waals surface area contributed by atoms with Crippen LogP contribution in [0.5, 0.6) is 23.0 Å². The zero-order valence-electron chi connectivity index (χ0n) is 28.4. The Kier molecular flexibility index (Phi) is 7.29. The topological polar surface area (TPSA) is 18.5 Å². The van der Waals surface area contributed by atoms with Crippen molar-refractivity contribution in [2.45, 2.75) is 0 Å². The van der Waals surface area contributed by atoms with Gasteiger partial charge in [-0.25, -0.2) is 0 Å². The fraction of sp³-hybridized carbons (Fsp3) is 0. The molecular weight excluding hydrogens is 647 g/mol. The van der Waals surface area contributed by atoms with E-state index in [4.69, 9.17) is 9.47 Å². The first-order chi connectivity index (χ1) is 25.8. The molecule has 2 aliphatic heterocycles. The molecule has 8 aromatic rings. The highest BCUT2D eigenvalue weighted by atomic mass is 28.3. The molecule has 0 radical (unpaired) electrons. The summed E-state index contributed by atoms with van der Waals surface area (Å²) in [5.41, 5.74) is 8.01. The number of ether oxygens (including phenoxy) is 2. The number of hydrogen-bond donors (Lipinski definition) is 0. The molecule has 2 heterocycles. The number of benzene rings is 8. The van der Waals surface area contributed by atoms with Crippen LogP contribution in [0.3, 0.4) is 0 Å². The summed E-state index contributed by atoms with van der Waals surface area (Å²) in [6.45, 7) is 0.0409. The van der Waals surface area contributed by atoms with E-state index in [1.807, 2.05) is 0 Å². The molecular formula is C48H33BO2Si. The molecule has 0 fully saturated rings. The maximum Gasteiger partial charge on any atom is 0.260 e. The Labute approximate surface area is 305 Å². The lowest BCUT2D eigenvalue weighted by Crippen LogP contribution is -2.75. The molecule has 0 bridgehead atoms. The fourth-order valence-corrected chi connectivity index (χ4v) is 13.6. The van der Waals surface area contributed by atoms with E-state index in [0.29, 0.717) is 0 Å². The Hall–Kier alpha value is -6.36. The Morgan fingerprint density at radius 2 is 0.750 bits per heavy atom. The van der Waals surface area contributed by atoms with Crippen molar-refractivity contribution < 1.29 is 9.47 Å². The summed E-state index contributed by atoms with van der Waals surface area (Å²) in [7, 11) is -2.82. The minimum atomic E-state index is -2.82. The second-order valence-corrected chi connectivity index (χ2v) is 17.3. The van der Waals surface area contributed by atoms with Gasteiger partial charge in [0.15, 0.2) is 8.07 Å². The van der Waals surface area contributed by atoms with Crippen LogP contribution in [0.15, 0.2) is 200 Å². The minimum Gasteiger partial charge on any atom is -0.458 e. The Balaban J connectivity index is 1.22. The zero-order chi connectivity index (χ0) is 34.5. The highest BCUT2D eigenvalue weighted by Crippen LogP contribution is 2.40. The van der Waals surface area contributed by atoms with Gasteiger partial charge in [-0.05, 0) is 78.2 Å². The lowest BCUT2D eigenvalue weighted by atomic mass is 9.35. The summed E-state index contributed by atoms with van der Waals surface area (Å²) < 4.78 is 13.5. The SMILES string of the molecule is c1ccc([Si](c2ccccc2)(c2ccccc2)c2ccccc2-c2ccccc2-c2cc3c4c(c2)Oc2ccccc2B4c2ccccc2O3)cc1. The van der Waals surface area contributed by atoms with E-state index >= 15 is 0 Å². The van der Waals surface area contributed by atoms with Crippen LogP contribution in [0.1, 0.15) is 0 Å². The van der Waals surface area contributed by atoms with Gasteiger partial charge in [-0.1, -0.05) is 176 Å². The van der Waals surface area contributed by atoms with Crippen LogP contribution in [-0.2, 0) is 0 Å². The highest BCUT2D eigenvalue weighted by molar-refractivity contribution is 7.20. The molecule has 0 saturated carbocycles. The number of hydrogen-bond acceptors (Lipinski definition) is 2. The van der Waals surface area contributed by atoms with Gasteiger partial charge in [0.1, 0.15) is 23.0 Å². The molecule has 0 unspecified atom stereocenters. The molecule has 2 nitrogen and oxygen atoms in total. The predicted octanol–water partition coefficient (Wildman–Crippen LogP) is 7.13. The van der Waals surface area contributed by atoms with E-state index in [9.17, 15) is 0 Å². The molecule has 0 N–H and O–H groups in total. The zero-order valence-corrected chi connectivity index (χ0v) is 29.4. The van der Waals surface area contributed by atoms with E-state index in [1.165, 1.54) is 31.9 Å². The second-order valence-electron chi connectivity index (χ2n) is 13.5. The number of para-hydroxylation sites is 2. The molecule has 0 spiro atoms. The Morgan fingerprint density at radius 1 is 0.346 bits per heavy atom. The fourth-order valence-electron chi connectivity index (χ4n) is 8.60. The van der Waals surface area contributed by atoms with Crippen LogP contribution in [0, 0.1) is 0 Å². The minimum absolute atomic E-state index is 0.0409. The lowest BCUT2D eigenvalue weighted by molar-refractivity contribution is 0.465. The van der Waals surface area contributed by atoms with E-state index < -0.39 is 8.07 Å². The molecule has 244 valence electrons. The molecule has 52 heavy (non-hydrogen) atoms. The first-order valence-electron chi connectivity index (χ1n) is 17.9. The van der Waals surface area contributed by atoms with Crippen molar-refractivity contribution in [1.82, 2.24) is 0 Å². The Morgan fingerprint density at radius 3 is 1.27 bits per heavy atom. The van der Waals surface area contributed by atoms with Crippen molar-refractivity contribution in [1.29, 1.82) is 0 Å². The molecule has 2 aliphatic rings. The maximum atomic E-state index is 6.73. The van der Waals surface area contributed by atoms with Crippen LogP contribution in [0.2, 0.25) is 0 Å². The molecule has 0 aromatic heterocycles. The predicted molar refractivity (Wildman–Crippen MR) is 219 cm³/mol. The summed E-state index contributed by atoms with van der Waals surface area (Å²) in [4.78, 5) is 0. The average molecular weight is 681 g/mol. The van der Waals surface area contributed by atoms with Gasteiger partial charge in [0, 0.05) is 5.46 Å². The molecule has 0 saturated heterocycles. The van der Waals surface area contributed by atoms with Gasteiger partial charge in [-0.2, -0.15) is 0 Å². The van der Waals surface area contributed by atoms with Gasteiger partial charge in [-0.3, -0.25) is 0 Å². The van der Waals surface area contributed by atoms with Crippen molar-refractivity contribution in [2.24, 2.45) is 0 Å². The second kappa shape index (κ2) is 12.4. The molecule has 0 atom stereocenters. The molecule has 0 amide bonds. The summed E-state index contributed by atoms with van der Waals surface area (Å²) >= 11 is 0. The third-order valence-corrected chi connectivity index (χ3v) is 15.6. The van der Waals surface area contributed by atoms with Crippen molar-refractivity contribution in [3.63, 3.8) is 0 Å². The Bertz CT molecular complexity index is 2420. The van der Waals surface area contributed by atoms with Gasteiger partial charge >= 0.3 is 0 Å². The number of rotatable bonds is 6. The number of fused-ring (bicyclic) bond motifs is 4. The monoisotopic (exact) mass is 680 g/mol. The first-order valence-corrected chi connectivity index (χ1v) is 19.9. The highest BCUT2D eigenvalue weighted by Gasteiger charge is 2.43. The van der Waals surface area contributed by atoms with Gasteiger partial charge in [-0.15, -0.1) is 0 Å². The van der Waals surface area contributed by atoms with Crippen molar-refractivity contribution in [3.05, 3.63) is 200 Å². The smallest absolute Gasteiger partial charge is 0.260 e. The normalized spacial score (nSPS) is 12.5. The average Bonchev–Trinajstić information content (AvgIpc) is 3.22. The van der Waals surface area contributed by atoms with Crippen LogP contribution in [0.4, 0.5) is 0 Å². The molecule has 10 rings (SSSR count). The lowest BCUT2D eigenvalue weighted by Gasteiger charge is -2.36. The van der Waals surface area contributed by atoms with Crippen molar-refractivity contribution in [3.8, 4) is 45.3 Å². The van der Waals surface area contributed by atoms with E-state index in [-0.39, 0.29) is 6.71 Å². The molecule has 4 heteroatoms. The summed E-state index contributed by atoms with van der Waals surface area (Å²) in [6, 6.07) is 72.5. The van der Waals surface area contributed by atoms with E-state index in [2.05, 4.69) is 200 Å². The van der Waals surface area contributed by atoms with Crippen LogP contribution >= 0.6 is 0 Å². The molecule has 0 aliphatic carbocycles. The molecule has 8 aromatic carbocycles. The van der Waals surface area contributed by atoms with Gasteiger partial charge in [0.25, 0.3) is 6.71 Å². The quantitative estimate of drug-likeness (QED) is 0.138. The third kappa shape index (κ3) is 4.72. The van der Waals surface area contributed by atoms with Gasteiger partial charge in [0.05, 0.1) is 0 Å². The third-order valence-electron chi connectivity index (χ3n) is 10.8. The summed E-state index contributed by atoms with van der Waals surface area (Å²) in [6.07, 6.45) is 0. The largest absolute Gasteiger partial charge is 0.458 e.